The Labute approximate surface area is 133 Å². The van der Waals surface area contributed by atoms with Crippen LogP contribution in [0.2, 0.25) is 0 Å². The van der Waals surface area contributed by atoms with E-state index in [4.69, 9.17) is 4.74 Å². The summed E-state index contributed by atoms with van der Waals surface area (Å²) in [5, 5.41) is 4.77. The van der Waals surface area contributed by atoms with Crippen LogP contribution in [0, 0.1) is 6.92 Å². The number of rotatable bonds is 6. The molecule has 0 aliphatic rings. The number of hydrogen-bond donors (Lipinski definition) is 1. The van der Waals surface area contributed by atoms with E-state index in [0.29, 0.717) is 12.3 Å². The molecular formula is C15H17NO4S2. The Morgan fingerprint density at radius 3 is 2.45 bits per heavy atom. The molecule has 0 spiro atoms. The van der Waals surface area contributed by atoms with Crippen LogP contribution < -0.4 is 10.1 Å². The van der Waals surface area contributed by atoms with Crippen molar-refractivity contribution in [3.05, 3.63) is 46.2 Å². The van der Waals surface area contributed by atoms with Crippen LogP contribution in [0.15, 0.2) is 40.6 Å². The zero-order valence-corrected chi connectivity index (χ0v) is 14.0. The summed E-state index contributed by atoms with van der Waals surface area (Å²) in [6, 6.07) is 7.99. The first-order chi connectivity index (χ1) is 10.4. The van der Waals surface area contributed by atoms with Crippen molar-refractivity contribution in [2.75, 3.05) is 12.9 Å². The van der Waals surface area contributed by atoms with Crippen LogP contribution in [0.1, 0.15) is 10.4 Å². The largest absolute Gasteiger partial charge is 0.484 e. The average molecular weight is 339 g/mol. The molecule has 7 heteroatoms. The molecule has 0 aliphatic heterocycles. The van der Waals surface area contributed by atoms with Crippen LogP contribution in [-0.2, 0) is 21.2 Å². The minimum Gasteiger partial charge on any atom is -0.484 e. The van der Waals surface area contributed by atoms with Gasteiger partial charge in [0.25, 0.3) is 5.91 Å². The van der Waals surface area contributed by atoms with Crippen molar-refractivity contribution in [3.8, 4) is 5.75 Å². The van der Waals surface area contributed by atoms with E-state index in [-0.39, 0.29) is 17.4 Å². The molecular weight excluding hydrogens is 322 g/mol. The van der Waals surface area contributed by atoms with E-state index in [0.717, 1.165) is 16.7 Å². The lowest BCUT2D eigenvalue weighted by atomic mass is 10.3. The second-order valence-electron chi connectivity index (χ2n) is 4.84. The molecule has 1 heterocycles. The van der Waals surface area contributed by atoms with Gasteiger partial charge in [-0.2, -0.15) is 0 Å². The van der Waals surface area contributed by atoms with Gasteiger partial charge in [-0.25, -0.2) is 8.42 Å². The van der Waals surface area contributed by atoms with Gasteiger partial charge < -0.3 is 10.1 Å². The maximum absolute atomic E-state index is 11.7. The first kappa shape index (κ1) is 16.5. The molecule has 1 amide bonds. The second kappa shape index (κ2) is 6.93. The Kier molecular flexibility index (Phi) is 5.20. The fraction of sp³-hybridized carbons (Fsp3) is 0.267. The smallest absolute Gasteiger partial charge is 0.258 e. The number of sulfone groups is 1. The summed E-state index contributed by atoms with van der Waals surface area (Å²) in [7, 11) is -3.22. The molecule has 118 valence electrons. The fourth-order valence-electron chi connectivity index (χ4n) is 1.75. The Morgan fingerprint density at radius 2 is 1.91 bits per heavy atom. The van der Waals surface area contributed by atoms with E-state index < -0.39 is 9.84 Å². The molecule has 2 rings (SSSR count). The van der Waals surface area contributed by atoms with Gasteiger partial charge in [-0.3, -0.25) is 4.79 Å². The summed E-state index contributed by atoms with van der Waals surface area (Å²) in [5.41, 5.74) is 1.16. The summed E-state index contributed by atoms with van der Waals surface area (Å²) in [6.45, 7) is 2.37. The maximum Gasteiger partial charge on any atom is 0.258 e. The van der Waals surface area contributed by atoms with E-state index >= 15 is 0 Å². The molecule has 1 N–H and O–H groups in total. The topological polar surface area (TPSA) is 72.5 Å². The SMILES string of the molecule is Cc1ccsc1CNC(=O)COc1ccc(S(C)(=O)=O)cc1. The van der Waals surface area contributed by atoms with Crippen molar-refractivity contribution in [1.82, 2.24) is 5.32 Å². The number of carbonyl (C=O) groups excluding carboxylic acids is 1. The third-order valence-electron chi connectivity index (χ3n) is 3.04. The number of hydrogen-bond acceptors (Lipinski definition) is 5. The van der Waals surface area contributed by atoms with Crippen LogP contribution in [0.25, 0.3) is 0 Å². The molecule has 0 saturated carbocycles. The molecule has 2 aromatic rings. The normalized spacial score (nSPS) is 11.2. The molecule has 1 aromatic carbocycles. The van der Waals surface area contributed by atoms with Crippen molar-refractivity contribution in [1.29, 1.82) is 0 Å². The Bertz CT molecular complexity index is 748. The summed E-state index contributed by atoms with van der Waals surface area (Å²) < 4.78 is 28.0. The monoisotopic (exact) mass is 339 g/mol. The number of thiophene rings is 1. The summed E-state index contributed by atoms with van der Waals surface area (Å²) >= 11 is 1.60. The third kappa shape index (κ3) is 4.57. The average Bonchev–Trinajstić information content (AvgIpc) is 2.88. The number of aryl methyl sites for hydroxylation is 1. The van der Waals surface area contributed by atoms with E-state index in [9.17, 15) is 13.2 Å². The third-order valence-corrected chi connectivity index (χ3v) is 5.19. The van der Waals surface area contributed by atoms with E-state index in [1.165, 1.54) is 24.3 Å². The molecule has 0 fully saturated rings. The van der Waals surface area contributed by atoms with Gasteiger partial charge >= 0.3 is 0 Å². The molecule has 0 atom stereocenters. The zero-order chi connectivity index (χ0) is 16.2. The molecule has 5 nitrogen and oxygen atoms in total. The number of nitrogens with one attached hydrogen (secondary N) is 1. The van der Waals surface area contributed by atoms with Crippen LogP contribution in [0.4, 0.5) is 0 Å². The first-order valence-corrected chi connectivity index (χ1v) is 9.36. The van der Waals surface area contributed by atoms with Crippen LogP contribution in [-0.4, -0.2) is 27.2 Å². The highest BCUT2D eigenvalue weighted by Crippen LogP contribution is 2.16. The van der Waals surface area contributed by atoms with Gasteiger partial charge in [-0.15, -0.1) is 11.3 Å². The standard InChI is InChI=1S/C15H17NO4S2/c1-11-7-8-21-14(11)9-16-15(17)10-20-12-3-5-13(6-4-12)22(2,18)19/h3-8H,9-10H2,1-2H3,(H,16,17). The molecule has 0 aliphatic carbocycles. The maximum atomic E-state index is 11.7. The molecule has 0 bridgehead atoms. The minimum atomic E-state index is -3.22. The Balaban J connectivity index is 1.82. The van der Waals surface area contributed by atoms with Gasteiger partial charge in [0.1, 0.15) is 5.75 Å². The van der Waals surface area contributed by atoms with Crippen molar-refractivity contribution in [2.45, 2.75) is 18.4 Å². The van der Waals surface area contributed by atoms with Crippen LogP contribution >= 0.6 is 11.3 Å². The molecule has 0 saturated heterocycles. The Morgan fingerprint density at radius 1 is 1.23 bits per heavy atom. The van der Waals surface area contributed by atoms with Gasteiger partial charge in [0.05, 0.1) is 11.4 Å². The van der Waals surface area contributed by atoms with Crippen LogP contribution in [0.5, 0.6) is 5.75 Å². The lowest BCUT2D eigenvalue weighted by molar-refractivity contribution is -0.123. The summed E-state index contributed by atoms with van der Waals surface area (Å²) in [5.74, 6) is 0.231. The van der Waals surface area contributed by atoms with Gasteiger partial charge in [0.15, 0.2) is 16.4 Å². The predicted octanol–water partition coefficient (Wildman–Crippen LogP) is 2.16. The summed E-state index contributed by atoms with van der Waals surface area (Å²) in [4.78, 5) is 13.1. The van der Waals surface area contributed by atoms with Gasteiger partial charge in [-0.1, -0.05) is 0 Å². The van der Waals surface area contributed by atoms with E-state index in [1.807, 2.05) is 18.4 Å². The van der Waals surface area contributed by atoms with Crippen LogP contribution in [0.3, 0.4) is 0 Å². The fourth-order valence-corrected chi connectivity index (χ4v) is 3.22. The molecule has 1 aromatic heterocycles. The Hall–Kier alpha value is -1.86. The zero-order valence-electron chi connectivity index (χ0n) is 12.3. The molecule has 0 unspecified atom stereocenters. The highest BCUT2D eigenvalue weighted by molar-refractivity contribution is 7.90. The second-order valence-corrected chi connectivity index (χ2v) is 7.85. The van der Waals surface area contributed by atoms with Crippen molar-refractivity contribution in [2.24, 2.45) is 0 Å². The number of benzene rings is 1. The minimum absolute atomic E-state index is 0.108. The van der Waals surface area contributed by atoms with Gasteiger partial charge in [0.2, 0.25) is 0 Å². The molecule has 0 radical (unpaired) electrons. The van der Waals surface area contributed by atoms with Gasteiger partial charge in [0, 0.05) is 11.1 Å². The first-order valence-electron chi connectivity index (χ1n) is 6.59. The van der Waals surface area contributed by atoms with Crippen molar-refractivity contribution >= 4 is 27.1 Å². The quantitative estimate of drug-likeness (QED) is 0.875. The lowest BCUT2D eigenvalue weighted by Gasteiger charge is -2.08. The molecule has 22 heavy (non-hydrogen) atoms. The lowest BCUT2D eigenvalue weighted by Crippen LogP contribution is -2.28. The van der Waals surface area contributed by atoms with E-state index in [2.05, 4.69) is 5.32 Å². The van der Waals surface area contributed by atoms with Crippen molar-refractivity contribution in [3.63, 3.8) is 0 Å². The predicted molar refractivity (Wildman–Crippen MR) is 85.9 cm³/mol. The number of carbonyl (C=O) groups is 1. The highest BCUT2D eigenvalue weighted by Gasteiger charge is 2.08. The van der Waals surface area contributed by atoms with Crippen molar-refractivity contribution < 1.29 is 17.9 Å². The number of ether oxygens (including phenoxy) is 1. The van der Waals surface area contributed by atoms with Gasteiger partial charge in [-0.05, 0) is 48.2 Å². The van der Waals surface area contributed by atoms with E-state index in [1.54, 1.807) is 11.3 Å². The highest BCUT2D eigenvalue weighted by atomic mass is 32.2. The number of amides is 1. The summed E-state index contributed by atoms with van der Waals surface area (Å²) in [6.07, 6.45) is 1.14.